The van der Waals surface area contributed by atoms with Gasteiger partial charge in [-0.3, -0.25) is 5.32 Å². The second-order valence-corrected chi connectivity index (χ2v) is 5.80. The number of nitriles is 1. The average Bonchev–Trinajstić information content (AvgIpc) is 3.24. The van der Waals surface area contributed by atoms with Crippen LogP contribution in [0.3, 0.4) is 0 Å². The molecule has 1 aromatic carbocycles. The summed E-state index contributed by atoms with van der Waals surface area (Å²) in [6.45, 7) is 0. The summed E-state index contributed by atoms with van der Waals surface area (Å²) in [6, 6.07) is 13.9. The van der Waals surface area contributed by atoms with Crippen molar-refractivity contribution in [2.75, 3.05) is 0 Å². The molecule has 2 nitrogen and oxygen atoms in total. The molecule has 0 saturated heterocycles. The van der Waals surface area contributed by atoms with E-state index in [0.717, 1.165) is 25.7 Å². The first-order valence-corrected chi connectivity index (χ1v) is 7.05. The molecule has 0 aliphatic heterocycles. The fraction of sp³-hybridized carbons (Fsp3) is 0.562. The lowest BCUT2D eigenvalue weighted by atomic mass is 9.75. The molecule has 1 N–H and O–H groups in total. The molecule has 0 atom stereocenters. The first-order valence-electron chi connectivity index (χ1n) is 7.05. The van der Waals surface area contributed by atoms with Crippen molar-refractivity contribution in [2.24, 2.45) is 0 Å². The van der Waals surface area contributed by atoms with E-state index in [9.17, 15) is 5.26 Å². The maximum absolute atomic E-state index is 9.46. The van der Waals surface area contributed by atoms with E-state index >= 15 is 0 Å². The minimum atomic E-state index is -0.230. The van der Waals surface area contributed by atoms with Crippen molar-refractivity contribution >= 4 is 0 Å². The first-order chi connectivity index (χ1) is 8.81. The van der Waals surface area contributed by atoms with Gasteiger partial charge in [0.15, 0.2) is 0 Å². The van der Waals surface area contributed by atoms with Gasteiger partial charge in [-0.1, -0.05) is 30.3 Å². The van der Waals surface area contributed by atoms with Crippen LogP contribution < -0.4 is 5.32 Å². The maximum Gasteiger partial charge on any atom is 0.107 e. The largest absolute Gasteiger partial charge is 0.297 e. The molecule has 94 valence electrons. The quantitative estimate of drug-likeness (QED) is 0.879. The van der Waals surface area contributed by atoms with Crippen LogP contribution >= 0.6 is 0 Å². The van der Waals surface area contributed by atoms with Gasteiger partial charge in [0.2, 0.25) is 0 Å². The van der Waals surface area contributed by atoms with Gasteiger partial charge >= 0.3 is 0 Å². The summed E-state index contributed by atoms with van der Waals surface area (Å²) < 4.78 is 0. The molecule has 0 aromatic heterocycles. The molecule has 2 saturated carbocycles. The fourth-order valence-corrected chi connectivity index (χ4v) is 3.08. The molecule has 2 heteroatoms. The number of benzene rings is 1. The van der Waals surface area contributed by atoms with E-state index in [1.807, 2.05) is 0 Å². The Balaban J connectivity index is 1.65. The Labute approximate surface area is 109 Å². The highest BCUT2D eigenvalue weighted by Gasteiger charge is 2.39. The van der Waals surface area contributed by atoms with Gasteiger partial charge in [0.25, 0.3) is 0 Å². The highest BCUT2D eigenvalue weighted by atomic mass is 15.0. The molecule has 0 radical (unpaired) electrons. The van der Waals surface area contributed by atoms with Crippen LogP contribution in [0.15, 0.2) is 30.3 Å². The Morgan fingerprint density at radius 2 is 1.72 bits per heavy atom. The fourth-order valence-electron chi connectivity index (χ4n) is 3.08. The van der Waals surface area contributed by atoms with E-state index in [-0.39, 0.29) is 5.54 Å². The second kappa shape index (κ2) is 4.74. The number of nitrogens with one attached hydrogen (secondary N) is 1. The van der Waals surface area contributed by atoms with Crippen molar-refractivity contribution in [1.29, 1.82) is 5.26 Å². The smallest absolute Gasteiger partial charge is 0.107 e. The zero-order valence-electron chi connectivity index (χ0n) is 10.7. The number of hydrogen-bond donors (Lipinski definition) is 1. The standard InChI is InChI=1S/C16H20N2/c17-12-16(18-15-6-7-15)10-8-14(9-11-16)13-4-2-1-3-5-13/h1-5,14-15,18H,6-11H2. The van der Waals surface area contributed by atoms with Gasteiger partial charge in [0, 0.05) is 6.04 Å². The van der Waals surface area contributed by atoms with Crippen molar-refractivity contribution in [2.45, 2.75) is 56.0 Å². The average molecular weight is 240 g/mol. The molecular formula is C16H20N2. The Morgan fingerprint density at radius 3 is 2.28 bits per heavy atom. The molecule has 1 aromatic rings. The van der Waals surface area contributed by atoms with E-state index in [0.29, 0.717) is 12.0 Å². The van der Waals surface area contributed by atoms with Gasteiger partial charge < -0.3 is 0 Å². The molecule has 0 amide bonds. The van der Waals surface area contributed by atoms with E-state index < -0.39 is 0 Å². The molecule has 2 aliphatic rings. The first kappa shape index (κ1) is 11.7. The SMILES string of the molecule is N#CC1(NC2CC2)CCC(c2ccccc2)CC1. The van der Waals surface area contributed by atoms with Gasteiger partial charge in [0.05, 0.1) is 6.07 Å². The minimum absolute atomic E-state index is 0.230. The zero-order chi connectivity index (χ0) is 12.4. The zero-order valence-corrected chi connectivity index (χ0v) is 10.7. The third-order valence-electron chi connectivity index (χ3n) is 4.38. The van der Waals surface area contributed by atoms with E-state index in [1.54, 1.807) is 0 Å². The van der Waals surface area contributed by atoms with Gasteiger partial charge in [-0.15, -0.1) is 0 Å². The Bertz CT molecular complexity index is 434. The maximum atomic E-state index is 9.46. The van der Waals surface area contributed by atoms with Crippen molar-refractivity contribution in [3.05, 3.63) is 35.9 Å². The van der Waals surface area contributed by atoms with Crippen LogP contribution in [0.2, 0.25) is 0 Å². The topological polar surface area (TPSA) is 35.8 Å². The van der Waals surface area contributed by atoms with Gasteiger partial charge in [-0.05, 0) is 50.0 Å². The molecule has 0 unspecified atom stereocenters. The summed E-state index contributed by atoms with van der Waals surface area (Å²) in [5.74, 6) is 0.647. The van der Waals surface area contributed by atoms with Crippen LogP contribution in [-0.4, -0.2) is 11.6 Å². The van der Waals surface area contributed by atoms with Crippen LogP contribution in [0.4, 0.5) is 0 Å². The van der Waals surface area contributed by atoms with Gasteiger partial charge in [-0.2, -0.15) is 5.26 Å². The molecule has 18 heavy (non-hydrogen) atoms. The Hall–Kier alpha value is -1.33. The van der Waals surface area contributed by atoms with Crippen LogP contribution in [0.5, 0.6) is 0 Å². The summed E-state index contributed by atoms with van der Waals surface area (Å²) in [6.07, 6.45) is 6.78. The van der Waals surface area contributed by atoms with Crippen LogP contribution in [-0.2, 0) is 0 Å². The number of rotatable bonds is 3. The molecule has 0 bridgehead atoms. The molecule has 0 heterocycles. The molecule has 2 fully saturated rings. The van der Waals surface area contributed by atoms with Crippen LogP contribution in [0.1, 0.15) is 50.0 Å². The minimum Gasteiger partial charge on any atom is -0.297 e. The normalized spacial score (nSPS) is 31.8. The van der Waals surface area contributed by atoms with E-state index in [2.05, 4.69) is 41.7 Å². The summed E-state index contributed by atoms with van der Waals surface area (Å²) in [5, 5.41) is 13.0. The van der Waals surface area contributed by atoms with Gasteiger partial charge in [-0.25, -0.2) is 0 Å². The van der Waals surface area contributed by atoms with Crippen molar-refractivity contribution in [3.63, 3.8) is 0 Å². The lowest BCUT2D eigenvalue weighted by Crippen LogP contribution is -2.47. The van der Waals surface area contributed by atoms with Crippen molar-refractivity contribution < 1.29 is 0 Å². The van der Waals surface area contributed by atoms with Gasteiger partial charge in [0.1, 0.15) is 5.54 Å². The second-order valence-electron chi connectivity index (χ2n) is 5.80. The predicted octanol–water partition coefficient (Wildman–Crippen LogP) is 3.36. The third-order valence-corrected chi connectivity index (χ3v) is 4.38. The van der Waals surface area contributed by atoms with E-state index in [4.69, 9.17) is 0 Å². The summed E-state index contributed by atoms with van der Waals surface area (Å²) in [7, 11) is 0. The molecule has 2 aliphatic carbocycles. The molecular weight excluding hydrogens is 220 g/mol. The number of hydrogen-bond acceptors (Lipinski definition) is 2. The predicted molar refractivity (Wildman–Crippen MR) is 72.2 cm³/mol. The third kappa shape index (κ3) is 2.42. The Kier molecular flexibility index (Phi) is 3.09. The Morgan fingerprint density at radius 1 is 1.06 bits per heavy atom. The summed E-state index contributed by atoms with van der Waals surface area (Å²) in [5.41, 5.74) is 1.21. The highest BCUT2D eigenvalue weighted by Crippen LogP contribution is 2.39. The molecule has 3 rings (SSSR count). The highest BCUT2D eigenvalue weighted by molar-refractivity contribution is 5.22. The van der Waals surface area contributed by atoms with Crippen LogP contribution in [0.25, 0.3) is 0 Å². The number of nitrogens with zero attached hydrogens (tertiary/aromatic N) is 1. The monoisotopic (exact) mass is 240 g/mol. The lowest BCUT2D eigenvalue weighted by Gasteiger charge is -2.36. The van der Waals surface area contributed by atoms with E-state index in [1.165, 1.54) is 18.4 Å². The summed E-state index contributed by atoms with van der Waals surface area (Å²) >= 11 is 0. The summed E-state index contributed by atoms with van der Waals surface area (Å²) in [4.78, 5) is 0. The van der Waals surface area contributed by atoms with Crippen molar-refractivity contribution in [3.8, 4) is 6.07 Å². The lowest BCUT2D eigenvalue weighted by molar-refractivity contribution is 0.273. The molecule has 0 spiro atoms. The van der Waals surface area contributed by atoms with Crippen LogP contribution in [0, 0.1) is 11.3 Å². The van der Waals surface area contributed by atoms with Crippen molar-refractivity contribution in [1.82, 2.24) is 5.32 Å².